The van der Waals surface area contributed by atoms with Gasteiger partial charge in [-0.25, -0.2) is 0 Å². The van der Waals surface area contributed by atoms with Crippen LogP contribution < -0.4 is 5.32 Å². The molecule has 5 nitrogen and oxygen atoms in total. The first-order valence-corrected chi connectivity index (χ1v) is 6.86. The molecule has 0 atom stereocenters. The summed E-state index contributed by atoms with van der Waals surface area (Å²) in [6.07, 6.45) is 1.31. The fraction of sp³-hybridized carbons (Fsp3) is 0.0714. The molecule has 1 amide bonds. The number of anilines is 1. The number of carbonyl (C=O) groups is 2. The number of carboxylic acids is 1. The third-order valence-corrected chi connectivity index (χ3v) is 3.17. The van der Waals surface area contributed by atoms with Crippen molar-refractivity contribution >= 4 is 40.2 Å². The quantitative estimate of drug-likeness (QED) is 0.797. The smallest absolute Gasteiger partial charge is 0.309 e. The third kappa shape index (κ3) is 4.02. The normalized spacial score (nSPS) is 10.1. The van der Waals surface area contributed by atoms with Crippen molar-refractivity contribution in [1.82, 2.24) is 4.98 Å². The second-order valence-electron chi connectivity index (χ2n) is 4.07. The van der Waals surface area contributed by atoms with Crippen LogP contribution in [0.1, 0.15) is 16.1 Å². The van der Waals surface area contributed by atoms with E-state index < -0.39 is 5.97 Å². The first kappa shape index (κ1) is 14.4. The number of carboxylic acid groups (broad SMARTS) is 1. The molecular weight excluding hydrogens is 371 g/mol. The predicted octanol–water partition coefficient (Wildman–Crippen LogP) is 2.57. The van der Waals surface area contributed by atoms with Gasteiger partial charge in [0.25, 0.3) is 5.91 Å². The summed E-state index contributed by atoms with van der Waals surface area (Å²) in [6, 6.07) is 10.4. The van der Waals surface area contributed by atoms with Crippen LogP contribution >= 0.6 is 22.6 Å². The number of rotatable bonds is 4. The molecule has 1 aromatic carbocycles. The number of nitrogens with zero attached hydrogens (tertiary/aromatic N) is 1. The van der Waals surface area contributed by atoms with E-state index in [4.69, 9.17) is 5.11 Å². The standard InChI is InChI=1S/C14H11IN2O3/c15-10-3-1-2-9(6-10)14(20)17-12-5-4-11(16-8-12)7-13(18)19/h1-6,8H,7H2,(H,17,20)(H,18,19). The zero-order valence-corrected chi connectivity index (χ0v) is 12.5. The van der Waals surface area contributed by atoms with E-state index in [1.807, 2.05) is 12.1 Å². The number of pyridine rings is 1. The Morgan fingerprint density at radius 1 is 1.25 bits per heavy atom. The number of aliphatic carboxylic acids is 1. The number of carbonyl (C=O) groups excluding carboxylic acids is 1. The van der Waals surface area contributed by atoms with Crippen molar-refractivity contribution in [3.8, 4) is 0 Å². The molecule has 0 aliphatic rings. The van der Waals surface area contributed by atoms with Gasteiger partial charge in [0.15, 0.2) is 0 Å². The first-order valence-electron chi connectivity index (χ1n) is 5.78. The second-order valence-corrected chi connectivity index (χ2v) is 5.32. The molecule has 2 aromatic rings. The average Bonchev–Trinajstić information content (AvgIpc) is 2.40. The maximum atomic E-state index is 12.0. The van der Waals surface area contributed by atoms with Crippen LogP contribution in [-0.2, 0) is 11.2 Å². The number of aromatic nitrogens is 1. The zero-order chi connectivity index (χ0) is 14.5. The highest BCUT2D eigenvalue weighted by atomic mass is 127. The molecule has 20 heavy (non-hydrogen) atoms. The van der Waals surface area contributed by atoms with Gasteiger partial charge in [0.2, 0.25) is 0 Å². The largest absolute Gasteiger partial charge is 0.481 e. The molecule has 2 N–H and O–H groups in total. The summed E-state index contributed by atoms with van der Waals surface area (Å²) in [7, 11) is 0. The zero-order valence-electron chi connectivity index (χ0n) is 10.3. The van der Waals surface area contributed by atoms with Gasteiger partial charge in [-0.15, -0.1) is 0 Å². The molecule has 1 aromatic heterocycles. The maximum Gasteiger partial charge on any atom is 0.309 e. The van der Waals surface area contributed by atoms with Crippen LogP contribution in [0.5, 0.6) is 0 Å². The minimum atomic E-state index is -0.937. The number of nitrogens with one attached hydrogen (secondary N) is 1. The van der Waals surface area contributed by atoms with Crippen LogP contribution in [0.3, 0.4) is 0 Å². The van der Waals surface area contributed by atoms with Crippen molar-refractivity contribution in [2.45, 2.75) is 6.42 Å². The van der Waals surface area contributed by atoms with Crippen LogP contribution in [-0.4, -0.2) is 22.0 Å². The summed E-state index contributed by atoms with van der Waals surface area (Å²) in [4.78, 5) is 26.5. The summed E-state index contributed by atoms with van der Waals surface area (Å²) in [6.45, 7) is 0. The Hall–Kier alpha value is -1.96. The van der Waals surface area contributed by atoms with Crippen LogP contribution in [0, 0.1) is 3.57 Å². The molecule has 2 rings (SSSR count). The van der Waals surface area contributed by atoms with E-state index in [1.165, 1.54) is 6.20 Å². The van der Waals surface area contributed by atoms with Gasteiger partial charge in [-0.05, 0) is 52.9 Å². The summed E-state index contributed by atoms with van der Waals surface area (Å²) < 4.78 is 0.977. The lowest BCUT2D eigenvalue weighted by Crippen LogP contribution is -2.12. The summed E-state index contributed by atoms with van der Waals surface area (Å²) in [5, 5.41) is 11.4. The number of halogens is 1. The van der Waals surface area contributed by atoms with E-state index in [2.05, 4.69) is 32.9 Å². The summed E-state index contributed by atoms with van der Waals surface area (Å²) in [5.74, 6) is -1.16. The lowest BCUT2D eigenvalue weighted by atomic mass is 10.2. The Bertz CT molecular complexity index is 641. The van der Waals surface area contributed by atoms with Gasteiger partial charge in [-0.1, -0.05) is 6.07 Å². The van der Waals surface area contributed by atoms with Gasteiger partial charge in [-0.2, -0.15) is 0 Å². The lowest BCUT2D eigenvalue weighted by molar-refractivity contribution is -0.136. The maximum absolute atomic E-state index is 12.0. The predicted molar refractivity (Wildman–Crippen MR) is 82.7 cm³/mol. The van der Waals surface area contributed by atoms with Crippen molar-refractivity contribution in [1.29, 1.82) is 0 Å². The number of hydrogen-bond acceptors (Lipinski definition) is 3. The Balaban J connectivity index is 2.06. The van der Waals surface area contributed by atoms with E-state index in [-0.39, 0.29) is 12.3 Å². The van der Waals surface area contributed by atoms with Crippen molar-refractivity contribution in [2.24, 2.45) is 0 Å². The van der Waals surface area contributed by atoms with Crippen molar-refractivity contribution in [2.75, 3.05) is 5.32 Å². The van der Waals surface area contributed by atoms with Crippen LogP contribution in [0.4, 0.5) is 5.69 Å². The van der Waals surface area contributed by atoms with Gasteiger partial charge in [0.05, 0.1) is 24.0 Å². The minimum Gasteiger partial charge on any atom is -0.481 e. The highest BCUT2D eigenvalue weighted by Crippen LogP contribution is 2.12. The molecule has 0 saturated heterocycles. The van der Waals surface area contributed by atoms with Gasteiger partial charge in [0.1, 0.15) is 0 Å². The Morgan fingerprint density at radius 3 is 2.65 bits per heavy atom. The van der Waals surface area contributed by atoms with Crippen molar-refractivity contribution < 1.29 is 14.7 Å². The monoisotopic (exact) mass is 382 g/mol. The SMILES string of the molecule is O=C(O)Cc1ccc(NC(=O)c2cccc(I)c2)cn1. The highest BCUT2D eigenvalue weighted by molar-refractivity contribution is 14.1. The molecule has 0 aliphatic heterocycles. The molecule has 102 valence electrons. The van der Waals surface area contributed by atoms with Gasteiger partial charge >= 0.3 is 5.97 Å². The molecule has 0 radical (unpaired) electrons. The molecule has 0 fully saturated rings. The van der Waals surface area contributed by atoms with Crippen molar-refractivity contribution in [3.63, 3.8) is 0 Å². The Kier molecular flexibility index (Phi) is 4.67. The van der Waals surface area contributed by atoms with E-state index in [9.17, 15) is 9.59 Å². The fourth-order valence-electron chi connectivity index (χ4n) is 1.59. The number of hydrogen-bond donors (Lipinski definition) is 2. The van der Waals surface area contributed by atoms with E-state index in [0.29, 0.717) is 16.9 Å². The third-order valence-electron chi connectivity index (χ3n) is 2.50. The van der Waals surface area contributed by atoms with E-state index in [0.717, 1.165) is 3.57 Å². The summed E-state index contributed by atoms with van der Waals surface area (Å²) >= 11 is 2.14. The van der Waals surface area contributed by atoms with E-state index in [1.54, 1.807) is 24.3 Å². The Morgan fingerprint density at radius 2 is 2.05 bits per heavy atom. The topological polar surface area (TPSA) is 79.3 Å². The fourth-order valence-corrected chi connectivity index (χ4v) is 2.13. The number of benzene rings is 1. The van der Waals surface area contributed by atoms with Crippen LogP contribution in [0.25, 0.3) is 0 Å². The van der Waals surface area contributed by atoms with Crippen LogP contribution in [0.15, 0.2) is 42.6 Å². The second kappa shape index (κ2) is 6.47. The van der Waals surface area contributed by atoms with Gasteiger partial charge in [0, 0.05) is 9.13 Å². The molecule has 0 bridgehead atoms. The molecule has 0 spiro atoms. The van der Waals surface area contributed by atoms with Gasteiger partial charge < -0.3 is 10.4 Å². The molecule has 0 unspecified atom stereocenters. The van der Waals surface area contributed by atoms with Gasteiger partial charge in [-0.3, -0.25) is 14.6 Å². The minimum absolute atomic E-state index is 0.134. The molecule has 0 saturated carbocycles. The molecular formula is C14H11IN2O3. The molecule has 1 heterocycles. The van der Waals surface area contributed by atoms with Crippen molar-refractivity contribution in [3.05, 3.63) is 57.4 Å². The van der Waals surface area contributed by atoms with E-state index >= 15 is 0 Å². The average molecular weight is 382 g/mol. The van der Waals surface area contributed by atoms with Crippen LogP contribution in [0.2, 0.25) is 0 Å². The first-order chi connectivity index (χ1) is 9.54. The number of amides is 1. The lowest BCUT2D eigenvalue weighted by Gasteiger charge is -2.06. The summed E-state index contributed by atoms with van der Waals surface area (Å²) in [5.41, 5.74) is 1.54. The highest BCUT2D eigenvalue weighted by Gasteiger charge is 2.07. The molecule has 6 heteroatoms. The Labute approximate surface area is 129 Å². The molecule has 0 aliphatic carbocycles.